The Bertz CT molecular complexity index is 840. The summed E-state index contributed by atoms with van der Waals surface area (Å²) in [7, 11) is 0. The Labute approximate surface area is 164 Å². The molecule has 0 bridgehead atoms. The van der Waals surface area contributed by atoms with Gasteiger partial charge in [-0.25, -0.2) is 9.97 Å². The second-order valence-corrected chi connectivity index (χ2v) is 9.37. The average molecular weight is 389 g/mol. The lowest BCUT2D eigenvalue weighted by Gasteiger charge is -2.40. The first-order valence-electron chi connectivity index (χ1n) is 10.1. The summed E-state index contributed by atoms with van der Waals surface area (Å²) in [6.07, 6.45) is 3.55. The molecule has 5 heterocycles. The van der Waals surface area contributed by atoms with Gasteiger partial charge in [0.25, 0.3) is 0 Å². The summed E-state index contributed by atoms with van der Waals surface area (Å²) in [6, 6.07) is 0. The second-order valence-electron chi connectivity index (χ2n) is 8.17. The zero-order chi connectivity index (χ0) is 18.4. The van der Waals surface area contributed by atoms with E-state index in [2.05, 4.69) is 23.6 Å². The highest BCUT2D eigenvalue weighted by Crippen LogP contribution is 2.37. The first-order valence-corrected chi connectivity index (χ1v) is 10.9. The molecule has 0 aliphatic carbocycles. The van der Waals surface area contributed by atoms with Gasteiger partial charge in [0, 0.05) is 24.4 Å². The van der Waals surface area contributed by atoms with Gasteiger partial charge in [0.05, 0.1) is 31.7 Å². The Balaban J connectivity index is 1.54. The van der Waals surface area contributed by atoms with Crippen molar-refractivity contribution in [2.45, 2.75) is 45.3 Å². The highest BCUT2D eigenvalue weighted by Gasteiger charge is 2.41. The first-order chi connectivity index (χ1) is 13.1. The van der Waals surface area contributed by atoms with Gasteiger partial charge in [-0.3, -0.25) is 4.90 Å². The monoisotopic (exact) mass is 388 g/mol. The quantitative estimate of drug-likeness (QED) is 0.806. The molecule has 3 aliphatic rings. The number of rotatable bonds is 3. The van der Waals surface area contributed by atoms with Crippen molar-refractivity contribution in [3.63, 3.8) is 0 Å². The summed E-state index contributed by atoms with van der Waals surface area (Å²) in [5, 5.41) is 1.23. The summed E-state index contributed by atoms with van der Waals surface area (Å²) in [4.78, 5) is 17.4. The van der Waals surface area contributed by atoms with Gasteiger partial charge in [-0.05, 0) is 45.3 Å². The molecule has 2 aromatic heterocycles. The Morgan fingerprint density at radius 1 is 1.11 bits per heavy atom. The number of aryl methyl sites for hydroxylation is 2. The first kappa shape index (κ1) is 17.8. The lowest BCUT2D eigenvalue weighted by molar-refractivity contribution is -0.0580. The Morgan fingerprint density at radius 3 is 2.74 bits per heavy atom. The minimum absolute atomic E-state index is 0.163. The van der Waals surface area contributed by atoms with E-state index in [0.29, 0.717) is 6.61 Å². The summed E-state index contributed by atoms with van der Waals surface area (Å²) < 4.78 is 11.8. The molecule has 5 rings (SSSR count). The van der Waals surface area contributed by atoms with Gasteiger partial charge in [-0.1, -0.05) is 0 Å². The van der Waals surface area contributed by atoms with Crippen molar-refractivity contribution in [1.82, 2.24) is 14.9 Å². The van der Waals surface area contributed by atoms with Crippen LogP contribution in [0.4, 0.5) is 5.82 Å². The SMILES string of the molecule is Cc1sc2nc(CN3CCCC3)nc(N3CCOC4(CCOC4)C3)c2c1C. The van der Waals surface area contributed by atoms with Crippen molar-refractivity contribution in [2.24, 2.45) is 0 Å². The number of fused-ring (bicyclic) bond motifs is 1. The van der Waals surface area contributed by atoms with E-state index >= 15 is 0 Å². The maximum atomic E-state index is 6.15. The maximum absolute atomic E-state index is 6.15. The summed E-state index contributed by atoms with van der Waals surface area (Å²) in [5.41, 5.74) is 1.16. The number of nitrogens with zero attached hydrogens (tertiary/aromatic N) is 4. The van der Waals surface area contributed by atoms with Crippen molar-refractivity contribution in [3.8, 4) is 0 Å². The molecule has 146 valence electrons. The molecule has 6 nitrogen and oxygen atoms in total. The standard InChI is InChI=1S/C20H28N4O2S/c1-14-15(2)27-19-17(14)18(21-16(22-19)11-23-6-3-4-7-23)24-8-10-26-20(12-24)5-9-25-13-20/h3-13H2,1-2H3. The van der Waals surface area contributed by atoms with Crippen molar-refractivity contribution >= 4 is 27.4 Å². The normalized spacial score (nSPS) is 26.7. The fraction of sp³-hybridized carbons (Fsp3) is 0.700. The van der Waals surface area contributed by atoms with Crippen molar-refractivity contribution in [3.05, 3.63) is 16.3 Å². The maximum Gasteiger partial charge on any atom is 0.146 e. The zero-order valence-electron chi connectivity index (χ0n) is 16.3. The Hall–Kier alpha value is -1.28. The Kier molecular flexibility index (Phi) is 4.58. The molecule has 0 amide bonds. The van der Waals surface area contributed by atoms with E-state index in [-0.39, 0.29) is 5.60 Å². The molecular weight excluding hydrogens is 360 g/mol. The van der Waals surface area contributed by atoms with E-state index in [9.17, 15) is 0 Å². The molecule has 3 fully saturated rings. The molecule has 27 heavy (non-hydrogen) atoms. The smallest absolute Gasteiger partial charge is 0.146 e. The fourth-order valence-electron chi connectivity index (χ4n) is 4.56. The van der Waals surface area contributed by atoms with E-state index in [0.717, 1.165) is 68.8 Å². The molecule has 0 saturated carbocycles. The van der Waals surface area contributed by atoms with Crippen LogP contribution in [0.25, 0.3) is 10.2 Å². The molecule has 1 atom stereocenters. The number of likely N-dealkylation sites (tertiary alicyclic amines) is 1. The summed E-state index contributed by atoms with van der Waals surface area (Å²) in [6.45, 7) is 11.5. The van der Waals surface area contributed by atoms with Gasteiger partial charge in [-0.2, -0.15) is 0 Å². The molecule has 2 aromatic rings. The van der Waals surface area contributed by atoms with Crippen molar-refractivity contribution in [2.75, 3.05) is 50.9 Å². The number of hydrogen-bond acceptors (Lipinski definition) is 7. The third-order valence-electron chi connectivity index (χ3n) is 6.23. The average Bonchev–Trinajstić information content (AvgIpc) is 3.38. The second kappa shape index (κ2) is 6.95. The number of morpholine rings is 1. The molecule has 0 radical (unpaired) electrons. The van der Waals surface area contributed by atoms with Crippen molar-refractivity contribution < 1.29 is 9.47 Å². The third kappa shape index (κ3) is 3.24. The van der Waals surface area contributed by atoms with E-state index in [1.54, 1.807) is 11.3 Å². The van der Waals surface area contributed by atoms with E-state index in [1.165, 1.54) is 28.7 Å². The number of anilines is 1. The number of hydrogen-bond donors (Lipinski definition) is 0. The molecule has 1 unspecified atom stereocenters. The van der Waals surface area contributed by atoms with E-state index in [4.69, 9.17) is 19.4 Å². The molecule has 0 aromatic carbocycles. The summed E-state index contributed by atoms with van der Waals surface area (Å²) >= 11 is 1.80. The lowest BCUT2D eigenvalue weighted by atomic mass is 10.0. The molecule has 1 spiro atoms. The van der Waals surface area contributed by atoms with Gasteiger partial charge in [0.15, 0.2) is 0 Å². The summed E-state index contributed by atoms with van der Waals surface area (Å²) in [5.74, 6) is 2.06. The highest BCUT2D eigenvalue weighted by molar-refractivity contribution is 7.18. The van der Waals surface area contributed by atoms with Crippen LogP contribution in [0.3, 0.4) is 0 Å². The van der Waals surface area contributed by atoms with Crippen LogP contribution in [0.2, 0.25) is 0 Å². The molecule has 3 saturated heterocycles. The van der Waals surface area contributed by atoms with Gasteiger partial charge in [0.1, 0.15) is 22.1 Å². The van der Waals surface area contributed by atoms with Gasteiger partial charge < -0.3 is 14.4 Å². The highest BCUT2D eigenvalue weighted by atomic mass is 32.1. The van der Waals surface area contributed by atoms with Crippen LogP contribution in [0, 0.1) is 13.8 Å². The predicted octanol–water partition coefficient (Wildman–Crippen LogP) is 2.90. The van der Waals surface area contributed by atoms with Crippen LogP contribution in [-0.2, 0) is 16.0 Å². The van der Waals surface area contributed by atoms with Gasteiger partial charge >= 0.3 is 0 Å². The van der Waals surface area contributed by atoms with Crippen LogP contribution < -0.4 is 4.90 Å². The molecule has 7 heteroatoms. The molecular formula is C20H28N4O2S. The fourth-order valence-corrected chi connectivity index (χ4v) is 5.61. The number of ether oxygens (including phenoxy) is 2. The molecule has 0 N–H and O–H groups in total. The van der Waals surface area contributed by atoms with E-state index in [1.807, 2.05) is 0 Å². The van der Waals surface area contributed by atoms with Crippen LogP contribution in [0.15, 0.2) is 0 Å². The Morgan fingerprint density at radius 2 is 1.96 bits per heavy atom. The van der Waals surface area contributed by atoms with E-state index < -0.39 is 0 Å². The minimum Gasteiger partial charge on any atom is -0.378 e. The number of thiophene rings is 1. The number of aromatic nitrogens is 2. The minimum atomic E-state index is -0.163. The zero-order valence-corrected chi connectivity index (χ0v) is 17.1. The largest absolute Gasteiger partial charge is 0.378 e. The van der Waals surface area contributed by atoms with Crippen LogP contribution >= 0.6 is 11.3 Å². The lowest BCUT2D eigenvalue weighted by Crippen LogP contribution is -2.52. The van der Waals surface area contributed by atoms with Gasteiger partial charge in [0.2, 0.25) is 0 Å². The topological polar surface area (TPSA) is 50.7 Å². The third-order valence-corrected chi connectivity index (χ3v) is 7.34. The van der Waals surface area contributed by atoms with Crippen molar-refractivity contribution in [1.29, 1.82) is 0 Å². The molecule has 3 aliphatic heterocycles. The van der Waals surface area contributed by atoms with Crippen LogP contribution in [-0.4, -0.2) is 66.5 Å². The van der Waals surface area contributed by atoms with Crippen LogP contribution in [0.5, 0.6) is 0 Å². The predicted molar refractivity (Wildman–Crippen MR) is 108 cm³/mol. The van der Waals surface area contributed by atoms with Crippen LogP contribution in [0.1, 0.15) is 35.5 Å². The van der Waals surface area contributed by atoms with Gasteiger partial charge in [-0.15, -0.1) is 11.3 Å².